The first-order chi connectivity index (χ1) is 7.77. The second kappa shape index (κ2) is 6.50. The predicted molar refractivity (Wildman–Crippen MR) is 56.4 cm³/mol. The largest absolute Gasteiger partial charge is 0.460 e. The van der Waals surface area contributed by atoms with Crippen molar-refractivity contribution in [3.05, 3.63) is 29.8 Å². The first-order valence-electron chi connectivity index (χ1n) is 4.62. The Balaban J connectivity index is 2.59. The molecule has 0 fully saturated rings. The van der Waals surface area contributed by atoms with E-state index in [9.17, 15) is 9.59 Å². The summed E-state index contributed by atoms with van der Waals surface area (Å²) >= 11 is 0. The average Bonchev–Trinajstić information content (AvgIpc) is 2.30. The van der Waals surface area contributed by atoms with E-state index in [1.165, 1.54) is 37.5 Å². The molecule has 5 heteroatoms. The van der Waals surface area contributed by atoms with Gasteiger partial charge in [-0.1, -0.05) is 0 Å². The predicted octanol–water partition coefficient (Wildman–Crippen LogP) is 1.46. The van der Waals surface area contributed by atoms with Crippen LogP contribution in [0.15, 0.2) is 29.3 Å². The zero-order valence-electron chi connectivity index (χ0n) is 8.80. The van der Waals surface area contributed by atoms with E-state index >= 15 is 0 Å². The number of hydrogen-bond acceptors (Lipinski definition) is 5. The number of methoxy groups -OCH3 is 1. The van der Waals surface area contributed by atoms with Gasteiger partial charge in [0.2, 0.25) is 6.08 Å². The Hall–Kier alpha value is -1.97. The lowest BCUT2D eigenvalue weighted by molar-refractivity contribution is 0.0388. The van der Waals surface area contributed by atoms with Crippen LogP contribution >= 0.6 is 0 Å². The minimum Gasteiger partial charge on any atom is -0.460 e. The van der Waals surface area contributed by atoms with Crippen LogP contribution in [0, 0.1) is 0 Å². The van der Waals surface area contributed by atoms with E-state index < -0.39 is 5.97 Å². The molecule has 0 aromatic heterocycles. The number of carbonyl (C=O) groups excluding carboxylic acids is 2. The quantitative estimate of drug-likeness (QED) is 0.327. The number of hydrogen-bond donors (Lipinski definition) is 0. The zero-order chi connectivity index (χ0) is 11.8. The van der Waals surface area contributed by atoms with Crippen molar-refractivity contribution in [2.24, 2.45) is 4.99 Å². The Morgan fingerprint density at radius 2 is 2.00 bits per heavy atom. The molecular formula is C11H11NO4. The normalized spacial score (nSPS) is 9.31. The monoisotopic (exact) mass is 221 g/mol. The molecule has 0 unspecified atom stereocenters. The molecule has 0 N–H and O–H groups in total. The van der Waals surface area contributed by atoms with Gasteiger partial charge in [-0.25, -0.2) is 9.59 Å². The third-order valence-electron chi connectivity index (χ3n) is 1.80. The molecule has 0 aliphatic carbocycles. The minimum atomic E-state index is -0.432. The molecule has 0 atom stereocenters. The van der Waals surface area contributed by atoms with Crippen LogP contribution in [0.3, 0.4) is 0 Å². The molecule has 84 valence electrons. The lowest BCUT2D eigenvalue weighted by Gasteiger charge is -2.03. The number of benzene rings is 1. The highest BCUT2D eigenvalue weighted by molar-refractivity contribution is 5.89. The fraction of sp³-hybridized carbons (Fsp3) is 0.273. The summed E-state index contributed by atoms with van der Waals surface area (Å²) in [7, 11) is 1.53. The van der Waals surface area contributed by atoms with Gasteiger partial charge in [-0.2, -0.15) is 4.99 Å². The fourth-order valence-electron chi connectivity index (χ4n) is 1.03. The molecule has 1 aromatic rings. The third kappa shape index (κ3) is 3.65. The van der Waals surface area contributed by atoms with Crippen LogP contribution in [-0.4, -0.2) is 32.4 Å². The van der Waals surface area contributed by atoms with Gasteiger partial charge >= 0.3 is 5.97 Å². The van der Waals surface area contributed by atoms with Gasteiger partial charge in [-0.05, 0) is 24.3 Å². The fourth-order valence-corrected chi connectivity index (χ4v) is 1.03. The van der Waals surface area contributed by atoms with Crippen molar-refractivity contribution in [2.75, 3.05) is 20.3 Å². The molecule has 1 rings (SSSR count). The standard InChI is InChI=1S/C11H11NO4/c1-15-6-7-16-11(14)9-2-4-10(5-3-9)12-8-13/h2-5H,6-7H2,1H3. The molecule has 0 heterocycles. The lowest BCUT2D eigenvalue weighted by atomic mass is 10.2. The van der Waals surface area contributed by atoms with Crippen LogP contribution < -0.4 is 0 Å². The summed E-state index contributed by atoms with van der Waals surface area (Å²) in [5.74, 6) is -0.432. The topological polar surface area (TPSA) is 65.0 Å². The molecule has 0 radical (unpaired) electrons. The van der Waals surface area contributed by atoms with Crippen LogP contribution in [0.25, 0.3) is 0 Å². The van der Waals surface area contributed by atoms with Crippen LogP contribution in [0.1, 0.15) is 10.4 Å². The third-order valence-corrected chi connectivity index (χ3v) is 1.80. The molecular weight excluding hydrogens is 210 g/mol. The number of rotatable bonds is 5. The van der Waals surface area contributed by atoms with E-state index in [2.05, 4.69) is 4.99 Å². The number of esters is 1. The summed E-state index contributed by atoms with van der Waals surface area (Å²) < 4.78 is 9.64. The SMILES string of the molecule is COCCOC(=O)c1ccc(N=C=O)cc1. The van der Waals surface area contributed by atoms with Crippen molar-refractivity contribution in [1.82, 2.24) is 0 Å². The Morgan fingerprint density at radius 1 is 1.31 bits per heavy atom. The van der Waals surface area contributed by atoms with Gasteiger partial charge < -0.3 is 9.47 Å². The zero-order valence-corrected chi connectivity index (χ0v) is 8.80. The smallest absolute Gasteiger partial charge is 0.338 e. The molecule has 0 amide bonds. The van der Waals surface area contributed by atoms with Crippen LogP contribution in [0.2, 0.25) is 0 Å². The highest BCUT2D eigenvalue weighted by Crippen LogP contribution is 2.12. The Labute approximate surface area is 92.7 Å². The van der Waals surface area contributed by atoms with Gasteiger partial charge in [0.05, 0.1) is 17.9 Å². The first-order valence-corrected chi connectivity index (χ1v) is 4.62. The number of isocyanates is 1. The van der Waals surface area contributed by atoms with E-state index in [0.29, 0.717) is 17.9 Å². The number of carbonyl (C=O) groups is 1. The molecule has 5 nitrogen and oxygen atoms in total. The van der Waals surface area contributed by atoms with Crippen molar-refractivity contribution in [1.29, 1.82) is 0 Å². The van der Waals surface area contributed by atoms with Gasteiger partial charge in [-0.3, -0.25) is 0 Å². The van der Waals surface area contributed by atoms with Crippen molar-refractivity contribution in [2.45, 2.75) is 0 Å². The number of nitrogens with zero attached hydrogens (tertiary/aromatic N) is 1. The number of aliphatic imine (C=N–C) groups is 1. The second-order valence-corrected chi connectivity index (χ2v) is 2.88. The van der Waals surface area contributed by atoms with Crippen molar-refractivity contribution in [3.8, 4) is 0 Å². The maximum absolute atomic E-state index is 11.4. The van der Waals surface area contributed by atoms with Gasteiger partial charge in [0.15, 0.2) is 0 Å². The molecule has 0 spiro atoms. The second-order valence-electron chi connectivity index (χ2n) is 2.88. The van der Waals surface area contributed by atoms with Crippen molar-refractivity contribution in [3.63, 3.8) is 0 Å². The summed E-state index contributed by atoms with van der Waals surface area (Å²) in [6.45, 7) is 0.572. The highest BCUT2D eigenvalue weighted by atomic mass is 16.6. The Kier molecular flexibility index (Phi) is 4.92. The lowest BCUT2D eigenvalue weighted by Crippen LogP contribution is -2.09. The summed E-state index contributed by atoms with van der Waals surface area (Å²) in [4.78, 5) is 24.8. The summed E-state index contributed by atoms with van der Waals surface area (Å²) in [5, 5.41) is 0. The molecule has 0 saturated heterocycles. The number of ether oxygens (including phenoxy) is 2. The molecule has 0 aliphatic rings. The van der Waals surface area contributed by atoms with Gasteiger partial charge in [0.1, 0.15) is 6.61 Å². The van der Waals surface area contributed by atoms with E-state index in [1.54, 1.807) is 0 Å². The first kappa shape index (κ1) is 12.1. The van der Waals surface area contributed by atoms with Crippen LogP contribution in [-0.2, 0) is 14.3 Å². The Bertz CT molecular complexity index is 393. The van der Waals surface area contributed by atoms with E-state index in [1.807, 2.05) is 0 Å². The Morgan fingerprint density at radius 3 is 2.56 bits per heavy atom. The van der Waals surface area contributed by atoms with Crippen molar-refractivity contribution < 1.29 is 19.1 Å². The molecule has 1 aromatic carbocycles. The van der Waals surface area contributed by atoms with Crippen molar-refractivity contribution >= 4 is 17.7 Å². The maximum Gasteiger partial charge on any atom is 0.338 e. The summed E-state index contributed by atoms with van der Waals surface area (Å²) in [5.41, 5.74) is 0.851. The molecule has 0 saturated carbocycles. The molecule has 16 heavy (non-hydrogen) atoms. The average molecular weight is 221 g/mol. The molecule has 0 aliphatic heterocycles. The minimum absolute atomic E-state index is 0.212. The van der Waals surface area contributed by atoms with Gasteiger partial charge in [-0.15, -0.1) is 0 Å². The summed E-state index contributed by atoms with van der Waals surface area (Å²) in [6, 6.07) is 6.15. The molecule has 0 bridgehead atoms. The van der Waals surface area contributed by atoms with Crippen LogP contribution in [0.4, 0.5) is 5.69 Å². The highest BCUT2D eigenvalue weighted by Gasteiger charge is 2.05. The van der Waals surface area contributed by atoms with Crippen LogP contribution in [0.5, 0.6) is 0 Å². The van der Waals surface area contributed by atoms with Gasteiger partial charge in [0, 0.05) is 7.11 Å². The maximum atomic E-state index is 11.4. The van der Waals surface area contributed by atoms with E-state index in [-0.39, 0.29) is 6.61 Å². The summed E-state index contributed by atoms with van der Waals surface area (Å²) in [6.07, 6.45) is 1.42. The van der Waals surface area contributed by atoms with Gasteiger partial charge in [0.25, 0.3) is 0 Å². The van der Waals surface area contributed by atoms with E-state index in [0.717, 1.165) is 0 Å². The van der Waals surface area contributed by atoms with E-state index in [4.69, 9.17) is 9.47 Å².